The predicted octanol–water partition coefficient (Wildman–Crippen LogP) is 2.47. The average molecular weight is 261 g/mol. The summed E-state index contributed by atoms with van der Waals surface area (Å²) in [4.78, 5) is 16.2. The number of nitrogens with zero attached hydrogens (tertiary/aromatic N) is 1. The zero-order valence-corrected chi connectivity index (χ0v) is 10.5. The maximum Gasteiger partial charge on any atom is 0.216 e. The average Bonchev–Trinajstić information content (AvgIpc) is 2.41. The number of pyridine rings is 1. The molecule has 0 saturated heterocycles. The van der Waals surface area contributed by atoms with Gasteiger partial charge in [-0.2, -0.15) is 0 Å². The summed E-state index contributed by atoms with van der Waals surface area (Å²) < 4.78 is 18.3. The van der Waals surface area contributed by atoms with Gasteiger partial charge in [-0.3, -0.25) is 4.79 Å². The Morgan fingerprint density at radius 3 is 2.68 bits per heavy atom. The molecule has 5 heteroatoms. The fraction of sp³-hybridized carbons (Fsp3) is 0.143. The largest absolute Gasteiger partial charge is 0.505 e. The Morgan fingerprint density at radius 2 is 2.05 bits per heavy atom. The molecule has 19 heavy (non-hydrogen) atoms. The normalized spacial score (nSPS) is 10.3. The van der Waals surface area contributed by atoms with Crippen molar-refractivity contribution in [1.29, 1.82) is 0 Å². The molecule has 0 aliphatic rings. The highest BCUT2D eigenvalue weighted by Crippen LogP contribution is 2.20. The zero-order chi connectivity index (χ0) is 14.0. The molecule has 98 valence electrons. The van der Waals surface area contributed by atoms with E-state index in [1.54, 1.807) is 19.1 Å². The number of phenolic OH excluding ortho intramolecular Hbond substituents is 1. The lowest BCUT2D eigenvalue weighted by Crippen LogP contribution is -2.06. The van der Waals surface area contributed by atoms with Crippen molar-refractivity contribution >= 4 is 5.78 Å². The van der Waals surface area contributed by atoms with E-state index < -0.39 is 17.3 Å². The van der Waals surface area contributed by atoms with Crippen molar-refractivity contribution in [2.24, 2.45) is 0 Å². The Hall–Kier alpha value is -2.43. The molecule has 0 amide bonds. The van der Waals surface area contributed by atoms with Gasteiger partial charge in [-0.05, 0) is 31.2 Å². The van der Waals surface area contributed by atoms with Gasteiger partial charge in [0, 0.05) is 11.1 Å². The first-order valence-corrected chi connectivity index (χ1v) is 5.58. The molecule has 0 saturated carbocycles. The van der Waals surface area contributed by atoms with Crippen molar-refractivity contribution < 1.29 is 19.0 Å². The number of ether oxygens (including phenoxy) is 1. The van der Waals surface area contributed by atoms with E-state index in [2.05, 4.69) is 4.98 Å². The topological polar surface area (TPSA) is 59.4 Å². The number of ketones is 1. The maximum absolute atomic E-state index is 13.2. The summed E-state index contributed by atoms with van der Waals surface area (Å²) in [6.07, 6.45) is 0. The zero-order valence-electron chi connectivity index (χ0n) is 10.5. The number of rotatable bonds is 3. The van der Waals surface area contributed by atoms with E-state index in [1.165, 1.54) is 13.2 Å². The van der Waals surface area contributed by atoms with Crippen molar-refractivity contribution in [3.63, 3.8) is 0 Å². The molecule has 0 atom stereocenters. The van der Waals surface area contributed by atoms with Gasteiger partial charge in [0.1, 0.15) is 5.69 Å². The summed E-state index contributed by atoms with van der Waals surface area (Å²) in [6.45, 7) is 1.81. The van der Waals surface area contributed by atoms with Gasteiger partial charge in [-0.15, -0.1) is 0 Å². The van der Waals surface area contributed by atoms with Crippen molar-refractivity contribution in [3.8, 4) is 11.6 Å². The molecule has 2 rings (SSSR count). The smallest absolute Gasteiger partial charge is 0.216 e. The minimum absolute atomic E-state index is 0.119. The van der Waals surface area contributed by atoms with E-state index in [0.717, 1.165) is 17.7 Å². The third kappa shape index (κ3) is 2.54. The van der Waals surface area contributed by atoms with Gasteiger partial charge in [0.2, 0.25) is 11.7 Å². The molecule has 1 aromatic heterocycles. The van der Waals surface area contributed by atoms with Crippen molar-refractivity contribution in [1.82, 2.24) is 4.98 Å². The maximum atomic E-state index is 13.2. The molecule has 0 fully saturated rings. The van der Waals surface area contributed by atoms with Crippen LogP contribution in [0.25, 0.3) is 0 Å². The number of benzene rings is 1. The van der Waals surface area contributed by atoms with Gasteiger partial charge in [0.25, 0.3) is 0 Å². The third-order valence-corrected chi connectivity index (χ3v) is 2.69. The van der Waals surface area contributed by atoms with Crippen LogP contribution in [-0.2, 0) is 0 Å². The number of aromatic hydroxyl groups is 1. The van der Waals surface area contributed by atoms with Crippen LogP contribution in [-0.4, -0.2) is 23.0 Å². The Morgan fingerprint density at radius 1 is 1.32 bits per heavy atom. The van der Waals surface area contributed by atoms with E-state index in [4.69, 9.17) is 9.84 Å². The van der Waals surface area contributed by atoms with Crippen LogP contribution in [0.5, 0.6) is 11.6 Å². The standard InChI is InChI=1S/C14H12FNO3/c1-8-3-5-11(16-14(8)19-2)13(18)9-4-6-12(17)10(15)7-9/h3-7,17H,1-2H3. The quantitative estimate of drug-likeness (QED) is 0.862. The van der Waals surface area contributed by atoms with Gasteiger partial charge < -0.3 is 9.84 Å². The second-order valence-corrected chi connectivity index (χ2v) is 4.02. The number of carbonyl (C=O) groups excluding carboxylic acids is 1. The molecule has 0 aliphatic carbocycles. The van der Waals surface area contributed by atoms with Crippen LogP contribution >= 0.6 is 0 Å². The Balaban J connectivity index is 2.41. The molecule has 1 heterocycles. The minimum Gasteiger partial charge on any atom is -0.505 e. The monoisotopic (exact) mass is 261 g/mol. The molecular weight excluding hydrogens is 249 g/mol. The third-order valence-electron chi connectivity index (χ3n) is 2.69. The first-order chi connectivity index (χ1) is 9.02. The highest BCUT2D eigenvalue weighted by atomic mass is 19.1. The Kier molecular flexibility index (Phi) is 3.46. The lowest BCUT2D eigenvalue weighted by Gasteiger charge is -2.06. The molecule has 0 bridgehead atoms. The second-order valence-electron chi connectivity index (χ2n) is 4.02. The number of hydrogen-bond acceptors (Lipinski definition) is 4. The molecule has 0 spiro atoms. The fourth-order valence-electron chi connectivity index (χ4n) is 1.64. The minimum atomic E-state index is -0.843. The van der Waals surface area contributed by atoms with Gasteiger partial charge in [0.15, 0.2) is 11.6 Å². The van der Waals surface area contributed by atoms with E-state index in [1.807, 2.05) is 0 Å². The summed E-state index contributed by atoms with van der Waals surface area (Å²) in [5.41, 5.74) is 1.08. The van der Waals surface area contributed by atoms with Crippen LogP contribution < -0.4 is 4.74 Å². The number of hydrogen-bond donors (Lipinski definition) is 1. The van der Waals surface area contributed by atoms with E-state index in [9.17, 15) is 9.18 Å². The SMILES string of the molecule is COc1nc(C(=O)c2ccc(O)c(F)c2)ccc1C. The van der Waals surface area contributed by atoms with Crippen LogP contribution in [0.2, 0.25) is 0 Å². The van der Waals surface area contributed by atoms with Crippen LogP contribution in [0.4, 0.5) is 4.39 Å². The molecule has 0 radical (unpaired) electrons. The number of phenols is 1. The first kappa shape index (κ1) is 13.0. The number of methoxy groups -OCH3 is 1. The Bertz CT molecular complexity index is 641. The summed E-state index contributed by atoms with van der Waals surface area (Å²) in [6, 6.07) is 6.70. The van der Waals surface area contributed by atoms with E-state index >= 15 is 0 Å². The summed E-state index contributed by atoms with van der Waals surface area (Å²) in [5.74, 6) is -1.42. The molecular formula is C14H12FNO3. The Labute approximate surface area is 109 Å². The predicted molar refractivity (Wildman–Crippen MR) is 67.0 cm³/mol. The second kappa shape index (κ2) is 5.06. The van der Waals surface area contributed by atoms with Crippen LogP contribution in [0, 0.1) is 12.7 Å². The highest BCUT2D eigenvalue weighted by molar-refractivity contribution is 6.07. The molecule has 0 unspecified atom stereocenters. The summed E-state index contributed by atoms with van der Waals surface area (Å²) in [7, 11) is 1.46. The summed E-state index contributed by atoms with van der Waals surface area (Å²) in [5, 5.41) is 9.09. The highest BCUT2D eigenvalue weighted by Gasteiger charge is 2.14. The molecule has 1 aromatic carbocycles. The van der Waals surface area contributed by atoms with Crippen LogP contribution in [0.3, 0.4) is 0 Å². The first-order valence-electron chi connectivity index (χ1n) is 5.58. The van der Waals surface area contributed by atoms with Gasteiger partial charge in [-0.25, -0.2) is 9.37 Å². The van der Waals surface area contributed by atoms with Gasteiger partial charge in [-0.1, -0.05) is 6.07 Å². The number of halogens is 1. The van der Waals surface area contributed by atoms with Crippen LogP contribution in [0.1, 0.15) is 21.6 Å². The van der Waals surface area contributed by atoms with Gasteiger partial charge >= 0.3 is 0 Å². The van der Waals surface area contributed by atoms with Crippen molar-refractivity contribution in [2.45, 2.75) is 6.92 Å². The van der Waals surface area contributed by atoms with E-state index in [0.29, 0.717) is 5.88 Å². The van der Waals surface area contributed by atoms with Crippen molar-refractivity contribution in [3.05, 3.63) is 53.0 Å². The lowest BCUT2D eigenvalue weighted by molar-refractivity contribution is 0.103. The molecule has 0 aliphatic heterocycles. The number of aryl methyl sites for hydroxylation is 1. The fourth-order valence-corrected chi connectivity index (χ4v) is 1.64. The number of aromatic nitrogens is 1. The summed E-state index contributed by atoms with van der Waals surface area (Å²) >= 11 is 0. The van der Waals surface area contributed by atoms with E-state index in [-0.39, 0.29) is 11.3 Å². The van der Waals surface area contributed by atoms with Gasteiger partial charge in [0.05, 0.1) is 7.11 Å². The van der Waals surface area contributed by atoms with Crippen molar-refractivity contribution in [2.75, 3.05) is 7.11 Å². The number of carbonyl (C=O) groups is 1. The lowest BCUT2D eigenvalue weighted by atomic mass is 10.1. The molecule has 2 aromatic rings. The van der Waals surface area contributed by atoms with Crippen LogP contribution in [0.15, 0.2) is 30.3 Å². The molecule has 1 N–H and O–H groups in total. The molecule has 4 nitrogen and oxygen atoms in total.